The van der Waals surface area contributed by atoms with Crippen molar-refractivity contribution in [3.63, 3.8) is 0 Å². The largest absolute Gasteiger partial charge is 0.493 e. The smallest absolute Gasteiger partial charge is 0.222 e. The van der Waals surface area contributed by atoms with Crippen LogP contribution in [0.5, 0.6) is 11.5 Å². The fraction of sp³-hybridized carbons (Fsp3) is 0.440. The molecule has 0 heterocycles. The lowest BCUT2D eigenvalue weighted by Gasteiger charge is -2.35. The molecule has 1 fully saturated rings. The molecule has 0 atom stereocenters. The minimum atomic E-state index is 0.175. The van der Waals surface area contributed by atoms with E-state index in [0.29, 0.717) is 48.5 Å². The molecule has 0 aliphatic heterocycles. The molecule has 30 heavy (non-hydrogen) atoms. The maximum Gasteiger partial charge on any atom is 0.222 e. The highest BCUT2D eigenvalue weighted by Crippen LogP contribution is 2.34. The fourth-order valence-corrected chi connectivity index (χ4v) is 4.16. The molecule has 2 aromatic rings. The summed E-state index contributed by atoms with van der Waals surface area (Å²) >= 11 is 0. The molecule has 0 aromatic heterocycles. The molecule has 5 heteroatoms. The monoisotopic (exact) mass is 406 g/mol. The average molecular weight is 407 g/mol. The molecular formula is C25H30N2O3. The van der Waals surface area contributed by atoms with Gasteiger partial charge >= 0.3 is 0 Å². The minimum Gasteiger partial charge on any atom is -0.493 e. The zero-order chi connectivity index (χ0) is 21.3. The van der Waals surface area contributed by atoms with E-state index in [2.05, 4.69) is 36.4 Å². The maximum atomic E-state index is 12.6. The SMILES string of the molecule is COc1cc(C#N)ccc1OCCCC(=O)N(C)C1CCC(c2ccccc2)CC1. The van der Waals surface area contributed by atoms with Gasteiger partial charge in [-0.25, -0.2) is 0 Å². The molecule has 1 aliphatic carbocycles. The van der Waals surface area contributed by atoms with Crippen LogP contribution in [-0.4, -0.2) is 37.6 Å². The van der Waals surface area contributed by atoms with Gasteiger partial charge in [-0.05, 0) is 55.7 Å². The molecular weight excluding hydrogens is 376 g/mol. The van der Waals surface area contributed by atoms with Gasteiger partial charge in [0.1, 0.15) is 0 Å². The van der Waals surface area contributed by atoms with Crippen LogP contribution in [-0.2, 0) is 4.79 Å². The highest BCUT2D eigenvalue weighted by Gasteiger charge is 2.26. The first-order chi connectivity index (χ1) is 14.6. The Morgan fingerprint density at radius 2 is 1.83 bits per heavy atom. The van der Waals surface area contributed by atoms with Crippen molar-refractivity contribution in [1.82, 2.24) is 4.90 Å². The van der Waals surface area contributed by atoms with Gasteiger partial charge in [0.2, 0.25) is 5.91 Å². The molecule has 0 saturated heterocycles. The average Bonchev–Trinajstić information content (AvgIpc) is 2.81. The minimum absolute atomic E-state index is 0.175. The van der Waals surface area contributed by atoms with Crippen molar-refractivity contribution in [2.75, 3.05) is 20.8 Å². The van der Waals surface area contributed by atoms with Crippen molar-refractivity contribution >= 4 is 5.91 Å². The molecule has 0 radical (unpaired) electrons. The molecule has 0 unspecified atom stereocenters. The van der Waals surface area contributed by atoms with E-state index >= 15 is 0 Å². The van der Waals surface area contributed by atoms with Crippen molar-refractivity contribution in [2.45, 2.75) is 50.5 Å². The predicted octanol–water partition coefficient (Wildman–Crippen LogP) is 4.91. The maximum absolute atomic E-state index is 12.6. The van der Waals surface area contributed by atoms with E-state index in [0.717, 1.165) is 25.7 Å². The molecule has 158 valence electrons. The van der Waals surface area contributed by atoms with Crippen LogP contribution in [0.15, 0.2) is 48.5 Å². The lowest BCUT2D eigenvalue weighted by molar-refractivity contribution is -0.132. The van der Waals surface area contributed by atoms with Gasteiger partial charge in [-0.2, -0.15) is 5.26 Å². The third-order valence-electron chi connectivity index (χ3n) is 5.99. The number of carbonyl (C=O) groups excluding carboxylic acids is 1. The van der Waals surface area contributed by atoms with Crippen LogP contribution >= 0.6 is 0 Å². The number of nitrogens with zero attached hydrogens (tertiary/aromatic N) is 2. The van der Waals surface area contributed by atoms with Gasteiger partial charge in [0, 0.05) is 25.6 Å². The van der Waals surface area contributed by atoms with Gasteiger partial charge in [-0.3, -0.25) is 4.79 Å². The third-order valence-corrected chi connectivity index (χ3v) is 5.99. The van der Waals surface area contributed by atoms with Gasteiger partial charge in [-0.15, -0.1) is 0 Å². The lowest BCUT2D eigenvalue weighted by Crippen LogP contribution is -2.39. The Balaban J connectivity index is 1.41. The van der Waals surface area contributed by atoms with Crippen LogP contribution in [0.4, 0.5) is 0 Å². The van der Waals surface area contributed by atoms with Crippen molar-refractivity contribution in [3.05, 3.63) is 59.7 Å². The van der Waals surface area contributed by atoms with Gasteiger partial charge in [-0.1, -0.05) is 30.3 Å². The van der Waals surface area contributed by atoms with Crippen molar-refractivity contribution in [3.8, 4) is 17.6 Å². The molecule has 5 nitrogen and oxygen atoms in total. The van der Waals surface area contributed by atoms with Crippen LogP contribution in [0.1, 0.15) is 55.6 Å². The van der Waals surface area contributed by atoms with E-state index in [1.807, 2.05) is 11.9 Å². The van der Waals surface area contributed by atoms with Crippen LogP contribution in [0.2, 0.25) is 0 Å². The summed E-state index contributed by atoms with van der Waals surface area (Å²) in [6, 6.07) is 18.2. The number of carbonyl (C=O) groups is 1. The van der Waals surface area contributed by atoms with Gasteiger partial charge in [0.25, 0.3) is 0 Å². The summed E-state index contributed by atoms with van der Waals surface area (Å²) in [5, 5.41) is 8.97. The first-order valence-electron chi connectivity index (χ1n) is 10.6. The quantitative estimate of drug-likeness (QED) is 0.584. The summed E-state index contributed by atoms with van der Waals surface area (Å²) in [7, 11) is 3.48. The fourth-order valence-electron chi connectivity index (χ4n) is 4.16. The Morgan fingerprint density at radius 3 is 2.50 bits per heavy atom. The molecule has 0 bridgehead atoms. The Morgan fingerprint density at radius 1 is 1.10 bits per heavy atom. The molecule has 3 rings (SSSR count). The van der Waals surface area contributed by atoms with Crippen molar-refractivity contribution < 1.29 is 14.3 Å². The summed E-state index contributed by atoms with van der Waals surface area (Å²) in [6.07, 6.45) is 5.49. The van der Waals surface area contributed by atoms with E-state index in [9.17, 15) is 4.79 Å². The molecule has 1 saturated carbocycles. The van der Waals surface area contributed by atoms with Crippen LogP contribution in [0.3, 0.4) is 0 Å². The summed E-state index contributed by atoms with van der Waals surface area (Å²) < 4.78 is 11.0. The number of ether oxygens (including phenoxy) is 2. The zero-order valence-electron chi connectivity index (χ0n) is 17.8. The normalized spacial score (nSPS) is 18.3. The highest BCUT2D eigenvalue weighted by molar-refractivity contribution is 5.76. The van der Waals surface area contributed by atoms with Crippen molar-refractivity contribution in [2.24, 2.45) is 0 Å². The van der Waals surface area contributed by atoms with Crippen LogP contribution in [0, 0.1) is 11.3 Å². The van der Waals surface area contributed by atoms with E-state index in [1.54, 1.807) is 25.3 Å². The predicted molar refractivity (Wildman–Crippen MR) is 117 cm³/mol. The van der Waals surface area contributed by atoms with Crippen LogP contribution < -0.4 is 9.47 Å². The second kappa shape index (κ2) is 10.7. The highest BCUT2D eigenvalue weighted by atomic mass is 16.5. The topological polar surface area (TPSA) is 62.6 Å². The zero-order valence-corrected chi connectivity index (χ0v) is 17.8. The number of hydrogen-bond donors (Lipinski definition) is 0. The van der Waals surface area contributed by atoms with Crippen LogP contribution in [0.25, 0.3) is 0 Å². The Hall–Kier alpha value is -3.00. The number of benzene rings is 2. The lowest BCUT2D eigenvalue weighted by atomic mass is 9.81. The number of nitriles is 1. The molecule has 2 aromatic carbocycles. The van der Waals surface area contributed by atoms with Gasteiger partial charge < -0.3 is 14.4 Å². The number of methoxy groups -OCH3 is 1. The molecule has 1 aliphatic rings. The summed E-state index contributed by atoms with van der Waals surface area (Å²) in [5.41, 5.74) is 1.94. The Bertz CT molecular complexity index is 868. The van der Waals surface area contributed by atoms with E-state index < -0.39 is 0 Å². The standard InChI is InChI=1S/C25H30N2O3/c1-27(22-13-11-21(12-14-22)20-7-4-3-5-8-20)25(28)9-6-16-30-23-15-10-19(18-26)17-24(23)29-2/h3-5,7-8,10,15,17,21-22H,6,9,11-14,16H2,1-2H3. The van der Waals surface area contributed by atoms with Crippen molar-refractivity contribution in [1.29, 1.82) is 5.26 Å². The summed E-state index contributed by atoms with van der Waals surface area (Å²) in [6.45, 7) is 0.433. The first-order valence-corrected chi connectivity index (χ1v) is 10.6. The van der Waals surface area contributed by atoms with Gasteiger partial charge in [0.05, 0.1) is 25.3 Å². The van der Waals surface area contributed by atoms with Gasteiger partial charge in [0.15, 0.2) is 11.5 Å². The summed E-state index contributed by atoms with van der Waals surface area (Å²) in [4.78, 5) is 14.6. The second-order valence-electron chi connectivity index (χ2n) is 7.85. The Labute approximate surface area is 179 Å². The van der Waals surface area contributed by atoms with E-state index in [-0.39, 0.29) is 5.91 Å². The summed E-state index contributed by atoms with van der Waals surface area (Å²) in [5.74, 6) is 1.92. The Kier molecular flexibility index (Phi) is 7.73. The first kappa shape index (κ1) is 21.7. The third kappa shape index (κ3) is 5.54. The molecule has 1 amide bonds. The number of rotatable bonds is 8. The van der Waals surface area contributed by atoms with E-state index in [4.69, 9.17) is 14.7 Å². The van der Waals surface area contributed by atoms with E-state index in [1.165, 1.54) is 5.56 Å². The second-order valence-corrected chi connectivity index (χ2v) is 7.85. The molecule has 0 N–H and O–H groups in total. The number of hydrogen-bond acceptors (Lipinski definition) is 4. The number of amides is 1. The molecule has 0 spiro atoms.